The molecule has 1 saturated heterocycles. The molecule has 2 aromatic carbocycles. The molecule has 0 aromatic heterocycles. The van der Waals surface area contributed by atoms with E-state index in [1.807, 2.05) is 23.1 Å². The standard InChI is InChI=1S/C20H22FN3O3/c21-18-3-1-2-17(12-18)15-27-19-6-4-16(5-7-19)13-22-23-20(25)14-24-8-10-26-11-9-24/h1-7,12-13H,8-11,14-15H2,(H,23,25)/b22-13+. The molecule has 1 aliphatic rings. The highest BCUT2D eigenvalue weighted by Gasteiger charge is 2.13. The zero-order valence-electron chi connectivity index (χ0n) is 14.9. The second-order valence-corrected chi connectivity index (χ2v) is 6.17. The highest BCUT2D eigenvalue weighted by Crippen LogP contribution is 2.14. The highest BCUT2D eigenvalue weighted by atomic mass is 19.1. The monoisotopic (exact) mass is 371 g/mol. The van der Waals surface area contributed by atoms with Crippen molar-refractivity contribution in [3.8, 4) is 5.75 Å². The van der Waals surface area contributed by atoms with Crippen LogP contribution in [0.5, 0.6) is 5.75 Å². The van der Waals surface area contributed by atoms with Crippen molar-refractivity contribution < 1.29 is 18.7 Å². The summed E-state index contributed by atoms with van der Waals surface area (Å²) in [5, 5.41) is 3.98. The van der Waals surface area contributed by atoms with Crippen molar-refractivity contribution in [3.05, 3.63) is 65.5 Å². The van der Waals surface area contributed by atoms with Crippen LogP contribution in [0, 0.1) is 5.82 Å². The lowest BCUT2D eigenvalue weighted by atomic mass is 10.2. The van der Waals surface area contributed by atoms with E-state index in [0.717, 1.165) is 24.2 Å². The summed E-state index contributed by atoms with van der Waals surface area (Å²) < 4.78 is 24.0. The predicted molar refractivity (Wildman–Crippen MR) is 100 cm³/mol. The third kappa shape index (κ3) is 6.47. The number of carbonyl (C=O) groups is 1. The van der Waals surface area contributed by atoms with Gasteiger partial charge in [0.15, 0.2) is 0 Å². The molecule has 1 aliphatic heterocycles. The fourth-order valence-electron chi connectivity index (χ4n) is 2.62. The number of morpholine rings is 1. The Morgan fingerprint density at radius 2 is 2.00 bits per heavy atom. The summed E-state index contributed by atoms with van der Waals surface area (Å²) in [6, 6.07) is 13.6. The van der Waals surface area contributed by atoms with E-state index in [2.05, 4.69) is 10.5 Å². The topological polar surface area (TPSA) is 63.2 Å². The molecule has 6 nitrogen and oxygen atoms in total. The van der Waals surface area contributed by atoms with Gasteiger partial charge in [0.05, 0.1) is 26.0 Å². The Bertz CT molecular complexity index is 774. The van der Waals surface area contributed by atoms with E-state index in [1.54, 1.807) is 24.4 Å². The first kappa shape index (κ1) is 19.0. The average molecular weight is 371 g/mol. The van der Waals surface area contributed by atoms with Gasteiger partial charge in [0.25, 0.3) is 5.91 Å². The van der Waals surface area contributed by atoms with E-state index in [4.69, 9.17) is 9.47 Å². The molecule has 1 heterocycles. The SMILES string of the molecule is O=C(CN1CCOCC1)N/N=C/c1ccc(OCc2cccc(F)c2)cc1. The van der Waals surface area contributed by atoms with Crippen molar-refractivity contribution in [3.63, 3.8) is 0 Å². The van der Waals surface area contributed by atoms with Crippen LogP contribution in [0.4, 0.5) is 4.39 Å². The Hall–Kier alpha value is -2.77. The molecule has 1 amide bonds. The number of nitrogens with one attached hydrogen (secondary N) is 1. The number of ether oxygens (including phenoxy) is 2. The zero-order chi connectivity index (χ0) is 18.9. The van der Waals surface area contributed by atoms with Crippen LogP contribution < -0.4 is 10.2 Å². The molecule has 0 aliphatic carbocycles. The molecule has 1 fully saturated rings. The molecule has 0 bridgehead atoms. The number of hydrogen-bond acceptors (Lipinski definition) is 5. The number of amides is 1. The maximum absolute atomic E-state index is 13.1. The number of hydrazone groups is 1. The second-order valence-electron chi connectivity index (χ2n) is 6.17. The van der Waals surface area contributed by atoms with Crippen LogP contribution >= 0.6 is 0 Å². The molecule has 27 heavy (non-hydrogen) atoms. The van der Waals surface area contributed by atoms with Crippen LogP contribution in [0.2, 0.25) is 0 Å². The minimum Gasteiger partial charge on any atom is -0.489 e. The molecule has 1 N–H and O–H groups in total. The molecule has 2 aromatic rings. The first-order chi connectivity index (χ1) is 13.2. The van der Waals surface area contributed by atoms with Crippen LogP contribution in [0.25, 0.3) is 0 Å². The molecule has 0 spiro atoms. The van der Waals surface area contributed by atoms with E-state index < -0.39 is 0 Å². The summed E-state index contributed by atoms with van der Waals surface area (Å²) in [6.45, 7) is 3.44. The van der Waals surface area contributed by atoms with Crippen LogP contribution in [-0.4, -0.2) is 49.9 Å². The normalized spacial score (nSPS) is 15.0. The Morgan fingerprint density at radius 3 is 2.74 bits per heavy atom. The Morgan fingerprint density at radius 1 is 1.22 bits per heavy atom. The summed E-state index contributed by atoms with van der Waals surface area (Å²) in [6.07, 6.45) is 1.58. The minimum absolute atomic E-state index is 0.150. The van der Waals surface area contributed by atoms with E-state index in [0.29, 0.717) is 32.1 Å². The number of benzene rings is 2. The Balaban J connectivity index is 1.42. The first-order valence-electron chi connectivity index (χ1n) is 8.78. The van der Waals surface area contributed by atoms with Crippen LogP contribution in [-0.2, 0) is 16.1 Å². The molecule has 0 saturated carbocycles. The largest absolute Gasteiger partial charge is 0.489 e. The maximum atomic E-state index is 13.1. The van der Waals surface area contributed by atoms with Gasteiger partial charge in [0.1, 0.15) is 18.2 Å². The fourth-order valence-corrected chi connectivity index (χ4v) is 2.62. The number of hydrogen-bond donors (Lipinski definition) is 1. The van der Waals surface area contributed by atoms with Gasteiger partial charge in [-0.3, -0.25) is 9.69 Å². The van der Waals surface area contributed by atoms with E-state index >= 15 is 0 Å². The van der Waals surface area contributed by atoms with Crippen LogP contribution in [0.15, 0.2) is 53.6 Å². The maximum Gasteiger partial charge on any atom is 0.254 e. The first-order valence-corrected chi connectivity index (χ1v) is 8.78. The second kappa shape index (κ2) is 9.80. The van der Waals surface area contributed by atoms with Crippen molar-refractivity contribution in [2.45, 2.75) is 6.61 Å². The minimum atomic E-state index is -0.279. The molecule has 0 atom stereocenters. The lowest BCUT2D eigenvalue weighted by Crippen LogP contribution is -2.42. The molecular formula is C20H22FN3O3. The fraction of sp³-hybridized carbons (Fsp3) is 0.300. The van der Waals surface area contributed by atoms with Gasteiger partial charge in [-0.25, -0.2) is 9.82 Å². The summed E-state index contributed by atoms with van der Waals surface area (Å²) in [7, 11) is 0. The number of rotatable bonds is 7. The lowest BCUT2D eigenvalue weighted by Gasteiger charge is -2.25. The van der Waals surface area contributed by atoms with Gasteiger partial charge in [-0.1, -0.05) is 12.1 Å². The molecule has 7 heteroatoms. The summed E-state index contributed by atoms with van der Waals surface area (Å²) in [4.78, 5) is 13.9. The van der Waals surface area contributed by atoms with E-state index in [1.165, 1.54) is 12.1 Å². The Kier molecular flexibility index (Phi) is 6.90. The average Bonchev–Trinajstić information content (AvgIpc) is 2.68. The summed E-state index contributed by atoms with van der Waals surface area (Å²) in [5.74, 6) is 0.245. The molecular weight excluding hydrogens is 349 g/mol. The highest BCUT2D eigenvalue weighted by molar-refractivity contribution is 5.83. The zero-order valence-corrected chi connectivity index (χ0v) is 14.9. The smallest absolute Gasteiger partial charge is 0.254 e. The van der Waals surface area contributed by atoms with Crippen molar-refractivity contribution in [1.82, 2.24) is 10.3 Å². The quantitative estimate of drug-likeness (QED) is 0.599. The number of halogens is 1. The van der Waals surface area contributed by atoms with Crippen LogP contribution in [0.1, 0.15) is 11.1 Å². The summed E-state index contributed by atoms with van der Waals surface area (Å²) >= 11 is 0. The third-order valence-corrected chi connectivity index (χ3v) is 4.05. The van der Waals surface area contributed by atoms with Crippen molar-refractivity contribution in [2.24, 2.45) is 5.10 Å². The number of carbonyl (C=O) groups excluding carboxylic acids is 1. The predicted octanol–water partition coefficient (Wildman–Crippen LogP) is 2.19. The van der Waals surface area contributed by atoms with Gasteiger partial charge in [-0.15, -0.1) is 0 Å². The van der Waals surface area contributed by atoms with Crippen molar-refractivity contribution in [1.29, 1.82) is 0 Å². The molecule has 142 valence electrons. The van der Waals surface area contributed by atoms with Gasteiger partial charge in [-0.2, -0.15) is 5.10 Å². The molecule has 0 radical (unpaired) electrons. The van der Waals surface area contributed by atoms with Gasteiger partial charge in [0.2, 0.25) is 0 Å². The summed E-state index contributed by atoms with van der Waals surface area (Å²) in [5.41, 5.74) is 4.13. The third-order valence-electron chi connectivity index (χ3n) is 4.05. The number of nitrogens with zero attached hydrogens (tertiary/aromatic N) is 2. The van der Waals surface area contributed by atoms with Gasteiger partial charge in [-0.05, 0) is 47.5 Å². The van der Waals surface area contributed by atoms with E-state index in [-0.39, 0.29) is 11.7 Å². The van der Waals surface area contributed by atoms with Gasteiger partial charge in [0, 0.05) is 13.1 Å². The van der Waals surface area contributed by atoms with Crippen LogP contribution in [0.3, 0.4) is 0 Å². The van der Waals surface area contributed by atoms with E-state index in [9.17, 15) is 9.18 Å². The Labute approximate surface area is 157 Å². The van der Waals surface area contributed by atoms with Gasteiger partial charge < -0.3 is 9.47 Å². The van der Waals surface area contributed by atoms with Gasteiger partial charge >= 0.3 is 0 Å². The van der Waals surface area contributed by atoms with Crippen molar-refractivity contribution in [2.75, 3.05) is 32.8 Å². The molecule has 0 unspecified atom stereocenters. The van der Waals surface area contributed by atoms with Crippen molar-refractivity contribution >= 4 is 12.1 Å². The lowest BCUT2D eigenvalue weighted by molar-refractivity contribution is -0.123. The molecule has 3 rings (SSSR count).